The zero-order valence-electron chi connectivity index (χ0n) is 12.2. The number of amides is 1. The summed E-state index contributed by atoms with van der Waals surface area (Å²) in [7, 11) is 3.18. The molecule has 6 nitrogen and oxygen atoms in total. The number of hydrogen-bond donors (Lipinski definition) is 1. The Bertz CT molecular complexity index is 282. The molecule has 2 unspecified atom stereocenters. The maximum atomic E-state index is 12.3. The fourth-order valence-electron chi connectivity index (χ4n) is 1.65. The first-order chi connectivity index (χ1) is 8.95. The van der Waals surface area contributed by atoms with Gasteiger partial charge < -0.3 is 19.5 Å². The second kappa shape index (κ2) is 9.75. The number of carbonyl (C=O) groups excluding carboxylic acids is 1. The summed E-state index contributed by atoms with van der Waals surface area (Å²) in [5.41, 5.74) is 0. The van der Waals surface area contributed by atoms with E-state index in [0.717, 1.165) is 6.42 Å². The van der Waals surface area contributed by atoms with Gasteiger partial charge in [0.05, 0.1) is 12.5 Å². The van der Waals surface area contributed by atoms with Crippen molar-refractivity contribution in [3.05, 3.63) is 0 Å². The molecule has 0 saturated carbocycles. The summed E-state index contributed by atoms with van der Waals surface area (Å²) in [5.74, 6) is -2.34. The van der Waals surface area contributed by atoms with Crippen LogP contribution in [-0.4, -0.2) is 62.4 Å². The minimum Gasteiger partial charge on any atom is -0.481 e. The van der Waals surface area contributed by atoms with E-state index in [4.69, 9.17) is 14.6 Å². The summed E-state index contributed by atoms with van der Waals surface area (Å²) in [6, 6.07) is 0. The van der Waals surface area contributed by atoms with Crippen LogP contribution in [0.4, 0.5) is 0 Å². The maximum Gasteiger partial charge on any atom is 0.307 e. The second-order valence-corrected chi connectivity index (χ2v) is 4.58. The number of carboxylic acids is 1. The van der Waals surface area contributed by atoms with Gasteiger partial charge in [-0.15, -0.1) is 0 Å². The first kappa shape index (κ1) is 17.9. The molecular weight excluding hydrogens is 250 g/mol. The summed E-state index contributed by atoms with van der Waals surface area (Å²) in [4.78, 5) is 24.8. The lowest BCUT2D eigenvalue weighted by molar-refractivity contribution is -0.149. The molecule has 0 aromatic carbocycles. The average molecular weight is 275 g/mol. The Balaban J connectivity index is 4.54. The fraction of sp³-hybridized carbons (Fsp3) is 0.846. The summed E-state index contributed by atoms with van der Waals surface area (Å²) in [6.07, 6.45) is 0.722. The quantitative estimate of drug-likeness (QED) is 0.598. The van der Waals surface area contributed by atoms with Crippen LogP contribution in [0.3, 0.4) is 0 Å². The van der Waals surface area contributed by atoms with E-state index in [1.165, 1.54) is 0 Å². The highest BCUT2D eigenvalue weighted by Crippen LogP contribution is 2.15. The fourth-order valence-corrected chi connectivity index (χ4v) is 1.65. The number of methoxy groups -OCH3 is 2. The molecular formula is C13H25NO5. The molecule has 112 valence electrons. The normalized spacial score (nSPS) is 13.9. The Kier molecular flexibility index (Phi) is 9.16. The third-order valence-corrected chi connectivity index (χ3v) is 3.18. The highest BCUT2D eigenvalue weighted by atomic mass is 16.5. The van der Waals surface area contributed by atoms with Crippen LogP contribution >= 0.6 is 0 Å². The van der Waals surface area contributed by atoms with Crippen molar-refractivity contribution in [3.63, 3.8) is 0 Å². The minimum atomic E-state index is -0.954. The molecule has 0 aliphatic heterocycles. The molecule has 0 fully saturated rings. The predicted octanol–water partition coefficient (Wildman–Crippen LogP) is 0.855. The molecule has 19 heavy (non-hydrogen) atoms. The van der Waals surface area contributed by atoms with Crippen molar-refractivity contribution in [2.75, 3.05) is 40.5 Å². The zero-order valence-corrected chi connectivity index (χ0v) is 12.2. The topological polar surface area (TPSA) is 76.1 Å². The SMILES string of the molecule is COCCCN(CCOC)C(=O)C(C)C(C)C(=O)O. The van der Waals surface area contributed by atoms with Crippen molar-refractivity contribution >= 4 is 11.9 Å². The molecule has 0 spiro atoms. The molecule has 0 heterocycles. The number of aliphatic carboxylic acids is 1. The smallest absolute Gasteiger partial charge is 0.307 e. The number of carboxylic acid groups (broad SMARTS) is 1. The molecule has 2 atom stereocenters. The molecule has 0 rings (SSSR count). The van der Waals surface area contributed by atoms with Crippen molar-refractivity contribution in [1.29, 1.82) is 0 Å². The van der Waals surface area contributed by atoms with E-state index in [9.17, 15) is 9.59 Å². The van der Waals surface area contributed by atoms with Gasteiger partial charge in [-0.25, -0.2) is 0 Å². The monoisotopic (exact) mass is 275 g/mol. The molecule has 1 N–H and O–H groups in total. The largest absolute Gasteiger partial charge is 0.481 e. The first-order valence-electron chi connectivity index (χ1n) is 6.45. The van der Waals surface area contributed by atoms with E-state index in [0.29, 0.717) is 26.3 Å². The van der Waals surface area contributed by atoms with Crippen LogP contribution in [0.1, 0.15) is 20.3 Å². The van der Waals surface area contributed by atoms with E-state index in [-0.39, 0.29) is 5.91 Å². The number of carbonyl (C=O) groups is 2. The van der Waals surface area contributed by atoms with Crippen LogP contribution in [0.15, 0.2) is 0 Å². The lowest BCUT2D eigenvalue weighted by Gasteiger charge is -2.27. The van der Waals surface area contributed by atoms with Gasteiger partial charge >= 0.3 is 5.97 Å². The van der Waals surface area contributed by atoms with Crippen molar-refractivity contribution < 1.29 is 24.2 Å². The van der Waals surface area contributed by atoms with Gasteiger partial charge in [0, 0.05) is 39.8 Å². The Morgan fingerprint density at radius 1 is 1.05 bits per heavy atom. The Labute approximate surface area is 114 Å². The molecule has 1 amide bonds. The maximum absolute atomic E-state index is 12.3. The first-order valence-corrected chi connectivity index (χ1v) is 6.45. The molecule has 0 radical (unpaired) electrons. The Morgan fingerprint density at radius 3 is 2.11 bits per heavy atom. The molecule has 0 aliphatic carbocycles. The third-order valence-electron chi connectivity index (χ3n) is 3.18. The van der Waals surface area contributed by atoms with Gasteiger partial charge in [-0.1, -0.05) is 13.8 Å². The van der Waals surface area contributed by atoms with Gasteiger partial charge in [-0.2, -0.15) is 0 Å². The minimum absolute atomic E-state index is 0.150. The van der Waals surface area contributed by atoms with Crippen molar-refractivity contribution in [2.24, 2.45) is 11.8 Å². The molecule has 0 saturated heterocycles. The van der Waals surface area contributed by atoms with E-state index >= 15 is 0 Å². The molecule has 0 bridgehead atoms. The van der Waals surface area contributed by atoms with Gasteiger partial charge in [-0.3, -0.25) is 9.59 Å². The van der Waals surface area contributed by atoms with Gasteiger partial charge in [0.2, 0.25) is 5.91 Å². The van der Waals surface area contributed by atoms with Gasteiger partial charge in [-0.05, 0) is 6.42 Å². The van der Waals surface area contributed by atoms with Crippen molar-refractivity contribution in [2.45, 2.75) is 20.3 Å². The summed E-state index contributed by atoms with van der Waals surface area (Å²) < 4.78 is 9.93. The Hall–Kier alpha value is -1.14. The van der Waals surface area contributed by atoms with Crippen LogP contribution in [0.2, 0.25) is 0 Å². The van der Waals surface area contributed by atoms with Crippen molar-refractivity contribution in [3.8, 4) is 0 Å². The number of hydrogen-bond acceptors (Lipinski definition) is 4. The predicted molar refractivity (Wildman–Crippen MR) is 70.9 cm³/mol. The van der Waals surface area contributed by atoms with Crippen LogP contribution in [0.25, 0.3) is 0 Å². The van der Waals surface area contributed by atoms with Crippen LogP contribution in [0, 0.1) is 11.8 Å². The molecule has 0 aliphatic rings. The standard InChI is InChI=1S/C13H25NO5/c1-10(11(2)13(16)17)12(15)14(7-9-19-4)6-5-8-18-3/h10-11H,5-9H2,1-4H3,(H,16,17). The van der Waals surface area contributed by atoms with Gasteiger partial charge in [0.25, 0.3) is 0 Å². The van der Waals surface area contributed by atoms with E-state index in [1.807, 2.05) is 0 Å². The number of ether oxygens (including phenoxy) is 2. The second-order valence-electron chi connectivity index (χ2n) is 4.58. The van der Waals surface area contributed by atoms with Crippen LogP contribution in [0.5, 0.6) is 0 Å². The van der Waals surface area contributed by atoms with E-state index in [1.54, 1.807) is 33.0 Å². The lowest BCUT2D eigenvalue weighted by Crippen LogP contribution is -2.41. The van der Waals surface area contributed by atoms with Gasteiger partial charge in [0.15, 0.2) is 0 Å². The zero-order chi connectivity index (χ0) is 14.8. The van der Waals surface area contributed by atoms with E-state index < -0.39 is 17.8 Å². The molecule has 6 heteroatoms. The van der Waals surface area contributed by atoms with Gasteiger partial charge in [0.1, 0.15) is 0 Å². The van der Waals surface area contributed by atoms with Crippen LogP contribution in [-0.2, 0) is 19.1 Å². The van der Waals surface area contributed by atoms with E-state index in [2.05, 4.69) is 0 Å². The summed E-state index contributed by atoms with van der Waals surface area (Å²) in [6.45, 7) is 5.22. The molecule has 0 aromatic rings. The van der Waals surface area contributed by atoms with Crippen LogP contribution < -0.4 is 0 Å². The number of rotatable bonds is 10. The van der Waals surface area contributed by atoms with Crippen molar-refractivity contribution in [1.82, 2.24) is 4.90 Å². The summed E-state index contributed by atoms with van der Waals surface area (Å²) in [5, 5.41) is 8.96. The highest BCUT2D eigenvalue weighted by Gasteiger charge is 2.29. The highest BCUT2D eigenvalue weighted by molar-refractivity contribution is 5.84. The number of nitrogens with zero attached hydrogens (tertiary/aromatic N) is 1. The molecule has 0 aromatic heterocycles. The average Bonchev–Trinajstić information content (AvgIpc) is 2.40. The summed E-state index contributed by atoms with van der Waals surface area (Å²) >= 11 is 0. The third kappa shape index (κ3) is 6.54. The lowest BCUT2D eigenvalue weighted by atomic mass is 9.94. The Morgan fingerprint density at radius 2 is 1.63 bits per heavy atom.